The van der Waals surface area contributed by atoms with Gasteiger partial charge in [0.25, 0.3) is 0 Å². The van der Waals surface area contributed by atoms with Crippen LogP contribution in [0.2, 0.25) is 0 Å². The second kappa shape index (κ2) is 5.71. The van der Waals surface area contributed by atoms with E-state index in [2.05, 4.69) is 5.32 Å². The van der Waals surface area contributed by atoms with Crippen LogP contribution in [0.25, 0.3) is 0 Å². The molecule has 0 aliphatic rings. The Labute approximate surface area is 111 Å². The average Bonchev–Trinajstić information content (AvgIpc) is 2.28. The van der Waals surface area contributed by atoms with E-state index in [1.54, 1.807) is 0 Å². The minimum absolute atomic E-state index is 0.0542. The highest BCUT2D eigenvalue weighted by atomic mass is 16.5. The minimum Gasteiger partial charge on any atom is -0.506 e. The fourth-order valence-electron chi connectivity index (χ4n) is 1.24. The number of aromatic carboxylic acids is 1. The molecule has 1 amide bonds. The number of aromatic hydroxyl groups is 1. The Hall–Kier alpha value is -2.08. The summed E-state index contributed by atoms with van der Waals surface area (Å²) >= 11 is 0. The molecule has 6 nitrogen and oxygen atoms in total. The van der Waals surface area contributed by atoms with E-state index in [1.807, 2.05) is 20.8 Å². The van der Waals surface area contributed by atoms with E-state index in [9.17, 15) is 14.7 Å². The van der Waals surface area contributed by atoms with Crippen molar-refractivity contribution in [3.8, 4) is 5.75 Å². The van der Waals surface area contributed by atoms with Crippen molar-refractivity contribution in [2.75, 3.05) is 11.9 Å². The lowest BCUT2D eigenvalue weighted by atomic mass is 10.2. The van der Waals surface area contributed by atoms with Gasteiger partial charge in [0.1, 0.15) is 12.4 Å². The molecule has 0 bridgehead atoms. The lowest BCUT2D eigenvalue weighted by Gasteiger charge is -2.19. The first kappa shape index (κ1) is 15.0. The summed E-state index contributed by atoms with van der Waals surface area (Å²) in [5.74, 6) is -1.87. The quantitative estimate of drug-likeness (QED) is 0.723. The number of anilines is 1. The second-order valence-corrected chi connectivity index (χ2v) is 4.99. The number of amides is 1. The molecule has 0 aliphatic heterocycles. The Morgan fingerprint density at radius 1 is 1.32 bits per heavy atom. The van der Waals surface area contributed by atoms with Crippen LogP contribution in [0.3, 0.4) is 0 Å². The van der Waals surface area contributed by atoms with Crippen LogP contribution in [0.15, 0.2) is 18.2 Å². The summed E-state index contributed by atoms with van der Waals surface area (Å²) < 4.78 is 5.28. The maximum Gasteiger partial charge on any atom is 0.335 e. The number of carbonyl (C=O) groups is 2. The van der Waals surface area contributed by atoms with E-state index in [0.29, 0.717) is 0 Å². The molecule has 6 heteroatoms. The number of carboxylic acid groups (broad SMARTS) is 1. The molecule has 0 heterocycles. The summed E-state index contributed by atoms with van der Waals surface area (Å²) in [6.07, 6.45) is 0. The molecule has 0 fully saturated rings. The number of carbonyl (C=O) groups excluding carboxylic acids is 1. The lowest BCUT2D eigenvalue weighted by molar-refractivity contribution is -0.125. The van der Waals surface area contributed by atoms with Crippen LogP contribution in [0.5, 0.6) is 5.75 Å². The molecule has 0 aliphatic carbocycles. The SMILES string of the molecule is CC(C)(C)OCC(=O)Nc1ccc(C(=O)O)cc1O. The van der Waals surface area contributed by atoms with E-state index in [1.165, 1.54) is 12.1 Å². The molecule has 104 valence electrons. The number of carboxylic acids is 1. The van der Waals surface area contributed by atoms with Gasteiger partial charge in [0.05, 0.1) is 16.9 Å². The molecular weight excluding hydrogens is 250 g/mol. The Morgan fingerprint density at radius 3 is 2.42 bits per heavy atom. The van der Waals surface area contributed by atoms with Crippen molar-refractivity contribution in [1.29, 1.82) is 0 Å². The molecule has 19 heavy (non-hydrogen) atoms. The Balaban J connectivity index is 2.67. The first-order valence-corrected chi connectivity index (χ1v) is 5.69. The van der Waals surface area contributed by atoms with Gasteiger partial charge in [-0.1, -0.05) is 0 Å². The predicted octanol–water partition coefficient (Wildman–Crippen LogP) is 1.84. The number of hydrogen-bond acceptors (Lipinski definition) is 4. The minimum atomic E-state index is -1.15. The molecule has 0 atom stereocenters. The molecule has 1 aromatic rings. The van der Waals surface area contributed by atoms with Gasteiger partial charge < -0.3 is 20.3 Å². The van der Waals surface area contributed by atoms with Crippen LogP contribution in [0, 0.1) is 0 Å². The van der Waals surface area contributed by atoms with Crippen LogP contribution in [0.1, 0.15) is 31.1 Å². The average molecular weight is 267 g/mol. The number of phenols is 1. The predicted molar refractivity (Wildman–Crippen MR) is 69.4 cm³/mol. The van der Waals surface area contributed by atoms with Crippen molar-refractivity contribution >= 4 is 17.6 Å². The fraction of sp³-hybridized carbons (Fsp3) is 0.385. The Kier molecular flexibility index (Phi) is 4.50. The summed E-state index contributed by atoms with van der Waals surface area (Å²) in [7, 11) is 0. The van der Waals surface area contributed by atoms with Gasteiger partial charge >= 0.3 is 5.97 Å². The lowest BCUT2D eigenvalue weighted by Crippen LogP contribution is -2.27. The molecule has 3 N–H and O–H groups in total. The molecule has 0 aromatic heterocycles. The van der Waals surface area contributed by atoms with E-state index < -0.39 is 17.5 Å². The fourth-order valence-corrected chi connectivity index (χ4v) is 1.24. The number of nitrogens with one attached hydrogen (secondary N) is 1. The van der Waals surface area contributed by atoms with Crippen LogP contribution < -0.4 is 5.32 Å². The first-order chi connectivity index (χ1) is 8.69. The topological polar surface area (TPSA) is 95.9 Å². The van der Waals surface area contributed by atoms with E-state index >= 15 is 0 Å². The zero-order valence-corrected chi connectivity index (χ0v) is 11.1. The van der Waals surface area contributed by atoms with Gasteiger partial charge in [-0.05, 0) is 39.0 Å². The van der Waals surface area contributed by atoms with Crippen LogP contribution in [0.4, 0.5) is 5.69 Å². The van der Waals surface area contributed by atoms with Gasteiger partial charge in [0, 0.05) is 0 Å². The van der Waals surface area contributed by atoms with Crippen LogP contribution in [-0.4, -0.2) is 34.3 Å². The summed E-state index contributed by atoms with van der Waals surface area (Å²) in [6, 6.07) is 3.69. The van der Waals surface area contributed by atoms with Crippen LogP contribution >= 0.6 is 0 Å². The van der Waals surface area contributed by atoms with Crippen molar-refractivity contribution in [1.82, 2.24) is 0 Å². The van der Waals surface area contributed by atoms with Gasteiger partial charge in [0.15, 0.2) is 0 Å². The Bertz CT molecular complexity index is 490. The van der Waals surface area contributed by atoms with Crippen molar-refractivity contribution in [3.05, 3.63) is 23.8 Å². The van der Waals surface area contributed by atoms with Gasteiger partial charge in [-0.2, -0.15) is 0 Å². The van der Waals surface area contributed by atoms with Gasteiger partial charge in [0.2, 0.25) is 5.91 Å². The largest absolute Gasteiger partial charge is 0.506 e. The molecule has 0 saturated carbocycles. The zero-order valence-electron chi connectivity index (χ0n) is 11.1. The van der Waals surface area contributed by atoms with Gasteiger partial charge in [-0.15, -0.1) is 0 Å². The monoisotopic (exact) mass is 267 g/mol. The maximum atomic E-state index is 11.6. The highest BCUT2D eigenvalue weighted by Gasteiger charge is 2.14. The molecule has 0 saturated heterocycles. The molecule has 1 rings (SSSR count). The number of rotatable bonds is 4. The molecule has 0 radical (unpaired) electrons. The summed E-state index contributed by atoms with van der Waals surface area (Å²) in [5, 5.41) is 20.8. The number of ether oxygens (including phenoxy) is 1. The molecular formula is C13H17NO5. The standard InChI is InChI=1S/C13H17NO5/c1-13(2,3)19-7-11(16)14-9-5-4-8(12(17)18)6-10(9)15/h4-6,15H,7H2,1-3H3,(H,14,16)(H,17,18). The maximum absolute atomic E-state index is 11.6. The van der Waals surface area contributed by atoms with Crippen LogP contribution in [-0.2, 0) is 9.53 Å². The van der Waals surface area contributed by atoms with Crippen molar-refractivity contribution < 1.29 is 24.5 Å². The van der Waals surface area contributed by atoms with Crippen molar-refractivity contribution in [3.63, 3.8) is 0 Å². The number of benzene rings is 1. The molecule has 1 aromatic carbocycles. The summed E-state index contributed by atoms with van der Waals surface area (Å²) in [5.41, 5.74) is -0.346. The number of phenolic OH excluding ortho intramolecular Hbond substituents is 1. The third-order valence-electron chi connectivity index (χ3n) is 2.16. The molecule has 0 unspecified atom stereocenters. The highest BCUT2D eigenvalue weighted by molar-refractivity contribution is 5.95. The third kappa shape index (κ3) is 4.97. The van der Waals surface area contributed by atoms with E-state index in [-0.39, 0.29) is 23.6 Å². The van der Waals surface area contributed by atoms with Gasteiger partial charge in [-0.25, -0.2) is 4.79 Å². The smallest absolute Gasteiger partial charge is 0.335 e. The first-order valence-electron chi connectivity index (χ1n) is 5.69. The van der Waals surface area contributed by atoms with Crippen molar-refractivity contribution in [2.24, 2.45) is 0 Å². The Morgan fingerprint density at radius 2 is 1.95 bits per heavy atom. The zero-order chi connectivity index (χ0) is 14.6. The van der Waals surface area contributed by atoms with E-state index in [0.717, 1.165) is 6.07 Å². The highest BCUT2D eigenvalue weighted by Crippen LogP contribution is 2.24. The third-order valence-corrected chi connectivity index (χ3v) is 2.16. The summed E-state index contributed by atoms with van der Waals surface area (Å²) in [4.78, 5) is 22.2. The normalized spacial score (nSPS) is 11.1. The molecule has 0 spiro atoms. The summed E-state index contributed by atoms with van der Waals surface area (Å²) in [6.45, 7) is 5.31. The number of hydrogen-bond donors (Lipinski definition) is 3. The second-order valence-electron chi connectivity index (χ2n) is 4.99. The van der Waals surface area contributed by atoms with Crippen molar-refractivity contribution in [2.45, 2.75) is 26.4 Å². The van der Waals surface area contributed by atoms with Gasteiger partial charge in [-0.3, -0.25) is 4.79 Å². The van der Waals surface area contributed by atoms with E-state index in [4.69, 9.17) is 9.84 Å².